The number of hydrogen-bond donors (Lipinski definition) is 2. The van der Waals surface area contributed by atoms with Gasteiger partial charge in [0.2, 0.25) is 0 Å². The fraction of sp³-hybridized carbons (Fsp3) is 0.167. The smallest absolute Gasteiger partial charge is 0.0523 e. The molecule has 0 spiro atoms. The molecule has 0 aliphatic rings. The van der Waals surface area contributed by atoms with Crippen LogP contribution < -0.4 is 11.3 Å². The minimum absolute atomic E-state index is 0.0373. The lowest BCUT2D eigenvalue weighted by Gasteiger charge is -2.17. The average Bonchev–Trinajstić information content (AvgIpc) is 2.73. The van der Waals surface area contributed by atoms with Crippen molar-refractivity contribution in [2.24, 2.45) is 5.84 Å². The third-order valence-corrected chi connectivity index (χ3v) is 5.13. The van der Waals surface area contributed by atoms with Crippen LogP contribution in [-0.4, -0.2) is 0 Å². The van der Waals surface area contributed by atoms with Gasteiger partial charge < -0.3 is 0 Å². The molecule has 1 aromatic heterocycles. The monoisotopic (exact) mass is 364 g/mol. The van der Waals surface area contributed by atoms with Gasteiger partial charge >= 0.3 is 0 Å². The van der Waals surface area contributed by atoms with E-state index in [0.29, 0.717) is 10.0 Å². The Hall–Kier alpha value is -0.100. The third kappa shape index (κ3) is 3.26. The van der Waals surface area contributed by atoms with Gasteiger partial charge in [-0.25, -0.2) is 0 Å². The molecule has 0 fully saturated rings. The van der Waals surface area contributed by atoms with Gasteiger partial charge in [-0.3, -0.25) is 11.3 Å². The lowest BCUT2D eigenvalue weighted by molar-refractivity contribution is 0.555. The van der Waals surface area contributed by atoms with Crippen LogP contribution >= 0.6 is 50.5 Å². The molecule has 3 N–H and O–H groups in total. The van der Waals surface area contributed by atoms with E-state index in [1.54, 1.807) is 17.4 Å². The van der Waals surface area contributed by atoms with E-state index in [4.69, 9.17) is 29.0 Å². The van der Waals surface area contributed by atoms with E-state index in [9.17, 15) is 0 Å². The second-order valence-electron chi connectivity index (χ2n) is 3.78. The van der Waals surface area contributed by atoms with Gasteiger partial charge in [0.15, 0.2) is 0 Å². The molecular weight excluding hydrogens is 355 g/mol. The highest BCUT2D eigenvalue weighted by Crippen LogP contribution is 2.31. The lowest BCUT2D eigenvalue weighted by Crippen LogP contribution is -2.29. The first-order chi connectivity index (χ1) is 8.61. The summed E-state index contributed by atoms with van der Waals surface area (Å²) >= 11 is 17.3. The molecule has 1 atom stereocenters. The number of hydrazine groups is 1. The summed E-state index contributed by atoms with van der Waals surface area (Å²) < 4.78 is 1.10. The summed E-state index contributed by atoms with van der Waals surface area (Å²) in [6, 6.07) is 7.43. The molecule has 96 valence electrons. The van der Waals surface area contributed by atoms with Gasteiger partial charge in [0, 0.05) is 25.8 Å². The van der Waals surface area contributed by atoms with E-state index in [1.807, 2.05) is 23.6 Å². The quantitative estimate of drug-likeness (QED) is 0.615. The molecule has 1 unspecified atom stereocenters. The van der Waals surface area contributed by atoms with Crippen molar-refractivity contribution in [3.05, 3.63) is 54.6 Å². The molecule has 0 saturated carbocycles. The Bertz CT molecular complexity index is 545. The number of rotatable bonds is 4. The Morgan fingerprint density at radius 2 is 2.11 bits per heavy atom. The van der Waals surface area contributed by atoms with Gasteiger partial charge in [0.1, 0.15) is 0 Å². The first-order valence-electron chi connectivity index (χ1n) is 5.24. The molecule has 6 heteroatoms. The molecule has 0 bridgehead atoms. The largest absolute Gasteiger partial charge is 0.271 e. The van der Waals surface area contributed by atoms with Crippen molar-refractivity contribution in [3.8, 4) is 0 Å². The highest BCUT2D eigenvalue weighted by atomic mass is 79.9. The van der Waals surface area contributed by atoms with E-state index in [-0.39, 0.29) is 6.04 Å². The van der Waals surface area contributed by atoms with E-state index in [0.717, 1.165) is 16.5 Å². The third-order valence-electron chi connectivity index (χ3n) is 2.62. The molecular formula is C12H11BrCl2N2S. The molecule has 2 aromatic rings. The van der Waals surface area contributed by atoms with Crippen LogP contribution in [0.4, 0.5) is 0 Å². The summed E-state index contributed by atoms with van der Waals surface area (Å²) in [6.45, 7) is 0. The standard InChI is InChI=1S/C12H11BrCl2N2S/c13-9-3-4-18-12(9)6-11(17-16)8-2-1-7(14)5-10(8)15/h1-5,11,17H,6,16H2. The van der Waals surface area contributed by atoms with Crippen LogP contribution in [0.3, 0.4) is 0 Å². The minimum Gasteiger partial charge on any atom is -0.271 e. The summed E-state index contributed by atoms with van der Waals surface area (Å²) in [5.74, 6) is 5.63. The van der Waals surface area contributed by atoms with Crippen molar-refractivity contribution in [1.29, 1.82) is 0 Å². The molecule has 0 amide bonds. The highest BCUT2D eigenvalue weighted by Gasteiger charge is 2.16. The van der Waals surface area contributed by atoms with Gasteiger partial charge in [0.25, 0.3) is 0 Å². The van der Waals surface area contributed by atoms with Crippen LogP contribution in [0.2, 0.25) is 10.0 Å². The Kier molecular flexibility index (Phi) is 5.06. The second kappa shape index (κ2) is 6.37. The van der Waals surface area contributed by atoms with E-state index >= 15 is 0 Å². The van der Waals surface area contributed by atoms with Gasteiger partial charge in [0.05, 0.1) is 6.04 Å². The minimum atomic E-state index is -0.0373. The molecule has 1 aromatic carbocycles. The maximum Gasteiger partial charge on any atom is 0.0523 e. The summed E-state index contributed by atoms with van der Waals surface area (Å²) in [5, 5.41) is 3.28. The van der Waals surface area contributed by atoms with Crippen molar-refractivity contribution in [2.45, 2.75) is 12.5 Å². The summed E-state index contributed by atoms with van der Waals surface area (Å²) in [4.78, 5) is 1.23. The van der Waals surface area contributed by atoms with E-state index in [2.05, 4.69) is 21.4 Å². The SMILES string of the molecule is NNC(Cc1sccc1Br)c1ccc(Cl)cc1Cl. The first-order valence-corrected chi connectivity index (χ1v) is 7.67. The van der Waals surface area contributed by atoms with E-state index < -0.39 is 0 Å². The van der Waals surface area contributed by atoms with Gasteiger partial charge in [-0.2, -0.15) is 0 Å². The maximum absolute atomic E-state index is 6.19. The van der Waals surface area contributed by atoms with Crippen molar-refractivity contribution in [1.82, 2.24) is 5.43 Å². The summed E-state index contributed by atoms with van der Waals surface area (Å²) in [5.41, 5.74) is 3.75. The Morgan fingerprint density at radius 3 is 2.67 bits per heavy atom. The Morgan fingerprint density at radius 1 is 1.33 bits per heavy atom. The number of benzene rings is 1. The number of nitrogens with two attached hydrogens (primary N) is 1. The molecule has 0 saturated heterocycles. The molecule has 0 aliphatic carbocycles. The number of nitrogens with one attached hydrogen (secondary N) is 1. The summed E-state index contributed by atoms with van der Waals surface area (Å²) in [7, 11) is 0. The lowest BCUT2D eigenvalue weighted by atomic mass is 10.0. The first kappa shape index (κ1) is 14.3. The molecule has 2 rings (SSSR count). The normalized spacial score (nSPS) is 12.7. The fourth-order valence-electron chi connectivity index (χ4n) is 1.70. The van der Waals surface area contributed by atoms with E-state index in [1.165, 1.54) is 4.88 Å². The molecule has 18 heavy (non-hydrogen) atoms. The molecule has 0 aliphatic heterocycles. The molecule has 2 nitrogen and oxygen atoms in total. The van der Waals surface area contributed by atoms with Crippen LogP contribution in [0, 0.1) is 0 Å². The van der Waals surface area contributed by atoms with Crippen molar-refractivity contribution >= 4 is 50.5 Å². The average molecular weight is 366 g/mol. The fourth-order valence-corrected chi connectivity index (χ4v) is 3.80. The number of halogens is 3. The van der Waals surface area contributed by atoms with Crippen molar-refractivity contribution < 1.29 is 0 Å². The molecule has 0 radical (unpaired) electrons. The van der Waals surface area contributed by atoms with Gasteiger partial charge in [-0.15, -0.1) is 11.3 Å². The zero-order valence-electron chi connectivity index (χ0n) is 9.29. The van der Waals surface area contributed by atoms with Crippen LogP contribution in [0.5, 0.6) is 0 Å². The second-order valence-corrected chi connectivity index (χ2v) is 6.48. The van der Waals surface area contributed by atoms with Crippen LogP contribution in [0.15, 0.2) is 34.1 Å². The van der Waals surface area contributed by atoms with Gasteiger partial charge in [-0.1, -0.05) is 29.3 Å². The Labute approximate surface area is 128 Å². The topological polar surface area (TPSA) is 38.0 Å². The van der Waals surface area contributed by atoms with Crippen LogP contribution in [0.25, 0.3) is 0 Å². The molecule has 1 heterocycles. The van der Waals surface area contributed by atoms with Crippen LogP contribution in [0.1, 0.15) is 16.5 Å². The van der Waals surface area contributed by atoms with Crippen molar-refractivity contribution in [2.75, 3.05) is 0 Å². The zero-order chi connectivity index (χ0) is 13.1. The maximum atomic E-state index is 6.19. The number of hydrogen-bond acceptors (Lipinski definition) is 3. The predicted molar refractivity (Wildman–Crippen MR) is 82.2 cm³/mol. The summed E-state index contributed by atoms with van der Waals surface area (Å²) in [6.07, 6.45) is 0.774. The van der Waals surface area contributed by atoms with Crippen molar-refractivity contribution in [3.63, 3.8) is 0 Å². The predicted octanol–water partition coefficient (Wildman–Crippen LogP) is 4.56. The highest BCUT2D eigenvalue weighted by molar-refractivity contribution is 9.10. The van der Waals surface area contributed by atoms with Gasteiger partial charge in [-0.05, 0) is 45.1 Å². The zero-order valence-corrected chi connectivity index (χ0v) is 13.2. The Balaban J connectivity index is 2.26. The number of thiophene rings is 1. The van der Waals surface area contributed by atoms with Crippen LogP contribution in [-0.2, 0) is 6.42 Å².